The smallest absolute Gasteiger partial charge is 0.0256 e. The second-order valence-corrected chi connectivity index (χ2v) is 1.29. The van der Waals surface area contributed by atoms with E-state index in [1.165, 1.54) is 6.21 Å². The minimum atomic E-state index is 0.917. The van der Waals surface area contributed by atoms with Crippen LogP contribution in [0.2, 0.25) is 0 Å². The molecule has 0 heterocycles. The van der Waals surface area contributed by atoms with Gasteiger partial charge in [0.25, 0.3) is 0 Å². The second kappa shape index (κ2) is 1.59. The maximum absolute atomic E-state index is 6.72. The largest absolute Gasteiger partial charge is 0.308 e. The minimum Gasteiger partial charge on any atom is -0.308 e. The molecule has 0 fully saturated rings. The molecule has 1 N–H and O–H groups in total. The number of nitrogens with one attached hydrogen (secondary N) is 1. The molecular formula is C6H5N. The van der Waals surface area contributed by atoms with Crippen LogP contribution < -0.4 is 0 Å². The number of hydrogen-bond acceptors (Lipinski definition) is 1. The van der Waals surface area contributed by atoms with Crippen molar-refractivity contribution in [1.29, 1.82) is 5.41 Å². The van der Waals surface area contributed by atoms with Gasteiger partial charge in [-0.15, -0.1) is 5.73 Å². The van der Waals surface area contributed by atoms with Crippen LogP contribution in [0.4, 0.5) is 0 Å². The van der Waals surface area contributed by atoms with Crippen LogP contribution in [0.15, 0.2) is 29.5 Å². The standard InChI is InChI=1S/C6H5N/c7-5-6-3-1-2-4-6/h1,3-5,7H. The van der Waals surface area contributed by atoms with Crippen LogP contribution in [-0.4, -0.2) is 6.21 Å². The first-order chi connectivity index (χ1) is 3.43. The molecule has 0 aromatic carbocycles. The van der Waals surface area contributed by atoms with Crippen molar-refractivity contribution in [2.75, 3.05) is 0 Å². The van der Waals surface area contributed by atoms with Gasteiger partial charge in [0, 0.05) is 11.8 Å². The van der Waals surface area contributed by atoms with Gasteiger partial charge in [0.1, 0.15) is 0 Å². The Kier molecular flexibility index (Phi) is 0.928. The normalized spacial score (nSPS) is 14.6. The van der Waals surface area contributed by atoms with E-state index in [0.717, 1.165) is 5.57 Å². The highest BCUT2D eigenvalue weighted by Crippen LogP contribution is 1.96. The van der Waals surface area contributed by atoms with E-state index in [2.05, 4.69) is 5.73 Å². The summed E-state index contributed by atoms with van der Waals surface area (Å²) in [5, 5.41) is 6.72. The molecule has 7 heavy (non-hydrogen) atoms. The molecule has 1 rings (SSSR count). The summed E-state index contributed by atoms with van der Waals surface area (Å²) in [4.78, 5) is 0. The van der Waals surface area contributed by atoms with Crippen LogP contribution in [0.3, 0.4) is 0 Å². The second-order valence-electron chi connectivity index (χ2n) is 1.29. The number of hydrogen-bond donors (Lipinski definition) is 1. The average Bonchev–Trinajstić information content (AvgIpc) is 2.14. The molecule has 1 aliphatic rings. The summed E-state index contributed by atoms with van der Waals surface area (Å²) < 4.78 is 0. The summed E-state index contributed by atoms with van der Waals surface area (Å²) in [5.41, 5.74) is 3.75. The third-order valence-electron chi connectivity index (χ3n) is 0.789. The number of rotatable bonds is 1. The molecule has 0 aromatic rings. The van der Waals surface area contributed by atoms with E-state index >= 15 is 0 Å². The van der Waals surface area contributed by atoms with Crippen molar-refractivity contribution in [1.82, 2.24) is 0 Å². The van der Waals surface area contributed by atoms with Crippen molar-refractivity contribution in [3.05, 3.63) is 29.5 Å². The summed E-state index contributed by atoms with van der Waals surface area (Å²) in [6.45, 7) is 0. The first-order valence-corrected chi connectivity index (χ1v) is 2.07. The molecule has 0 saturated carbocycles. The van der Waals surface area contributed by atoms with E-state index in [-0.39, 0.29) is 0 Å². The summed E-state index contributed by atoms with van der Waals surface area (Å²) in [6, 6.07) is 0. The summed E-state index contributed by atoms with van der Waals surface area (Å²) in [7, 11) is 0. The Morgan fingerprint density at radius 3 is 2.86 bits per heavy atom. The van der Waals surface area contributed by atoms with Crippen molar-refractivity contribution in [3.63, 3.8) is 0 Å². The third kappa shape index (κ3) is 0.673. The van der Waals surface area contributed by atoms with Gasteiger partial charge in [-0.2, -0.15) is 0 Å². The maximum Gasteiger partial charge on any atom is 0.0256 e. The zero-order valence-corrected chi connectivity index (χ0v) is 3.81. The van der Waals surface area contributed by atoms with Gasteiger partial charge in [0.15, 0.2) is 0 Å². The average molecular weight is 91.1 g/mol. The SMILES string of the molecule is N=CC1=CC=C=C1. The first kappa shape index (κ1) is 4.10. The van der Waals surface area contributed by atoms with Crippen LogP contribution in [0, 0.1) is 5.41 Å². The molecule has 1 aliphatic carbocycles. The Labute approximate surface area is 42.2 Å². The Hall–Kier alpha value is -1.07. The van der Waals surface area contributed by atoms with Gasteiger partial charge < -0.3 is 5.41 Å². The van der Waals surface area contributed by atoms with Crippen molar-refractivity contribution >= 4 is 6.21 Å². The zero-order chi connectivity index (χ0) is 5.11. The van der Waals surface area contributed by atoms with Gasteiger partial charge in [-0.25, -0.2) is 0 Å². The lowest BCUT2D eigenvalue weighted by Gasteiger charge is -1.75. The van der Waals surface area contributed by atoms with Crippen LogP contribution in [0.5, 0.6) is 0 Å². The van der Waals surface area contributed by atoms with E-state index in [1.807, 2.05) is 6.08 Å². The predicted molar refractivity (Wildman–Crippen MR) is 29.5 cm³/mol. The van der Waals surface area contributed by atoms with Gasteiger partial charge in [0.2, 0.25) is 0 Å². The van der Waals surface area contributed by atoms with Crippen LogP contribution >= 0.6 is 0 Å². The molecule has 0 radical (unpaired) electrons. The Bertz CT molecular complexity index is 169. The number of allylic oxidation sites excluding steroid dienone is 3. The monoisotopic (exact) mass is 91.0 g/mol. The first-order valence-electron chi connectivity index (χ1n) is 2.07. The predicted octanol–water partition coefficient (Wildman–Crippen LogP) is 1.29. The molecule has 1 nitrogen and oxygen atoms in total. The van der Waals surface area contributed by atoms with Crippen LogP contribution in [-0.2, 0) is 0 Å². The summed E-state index contributed by atoms with van der Waals surface area (Å²) in [6.07, 6.45) is 6.71. The van der Waals surface area contributed by atoms with Gasteiger partial charge in [-0.3, -0.25) is 0 Å². The topological polar surface area (TPSA) is 23.9 Å². The van der Waals surface area contributed by atoms with E-state index in [1.54, 1.807) is 12.2 Å². The third-order valence-corrected chi connectivity index (χ3v) is 0.789. The Morgan fingerprint density at radius 1 is 1.71 bits per heavy atom. The lowest BCUT2D eigenvalue weighted by molar-refractivity contribution is 1.56. The molecule has 1 heteroatoms. The molecule has 0 amide bonds. The van der Waals surface area contributed by atoms with E-state index in [4.69, 9.17) is 5.41 Å². The molecule has 0 unspecified atom stereocenters. The quantitative estimate of drug-likeness (QED) is 0.371. The highest BCUT2D eigenvalue weighted by molar-refractivity contribution is 5.81. The fourth-order valence-electron chi connectivity index (χ4n) is 0.427. The van der Waals surface area contributed by atoms with Crippen molar-refractivity contribution < 1.29 is 0 Å². The molecule has 34 valence electrons. The highest BCUT2D eigenvalue weighted by Gasteiger charge is 1.83. The van der Waals surface area contributed by atoms with E-state index < -0.39 is 0 Å². The van der Waals surface area contributed by atoms with Crippen molar-refractivity contribution in [3.8, 4) is 0 Å². The molecule has 0 atom stereocenters. The molecule has 0 saturated heterocycles. The summed E-state index contributed by atoms with van der Waals surface area (Å²) >= 11 is 0. The Morgan fingerprint density at radius 2 is 2.57 bits per heavy atom. The molecule has 0 aromatic heterocycles. The zero-order valence-electron chi connectivity index (χ0n) is 3.81. The minimum absolute atomic E-state index is 0.917. The Balaban J connectivity index is 2.81. The lowest BCUT2D eigenvalue weighted by Crippen LogP contribution is -1.69. The highest BCUT2D eigenvalue weighted by atomic mass is 14.3. The van der Waals surface area contributed by atoms with E-state index in [0.29, 0.717) is 0 Å². The van der Waals surface area contributed by atoms with Crippen molar-refractivity contribution in [2.45, 2.75) is 0 Å². The van der Waals surface area contributed by atoms with E-state index in [9.17, 15) is 0 Å². The fraction of sp³-hybridized carbons (Fsp3) is 0. The van der Waals surface area contributed by atoms with Gasteiger partial charge in [0.05, 0.1) is 0 Å². The van der Waals surface area contributed by atoms with Crippen LogP contribution in [0.25, 0.3) is 0 Å². The fourth-order valence-corrected chi connectivity index (χ4v) is 0.427. The molecule has 0 aliphatic heterocycles. The van der Waals surface area contributed by atoms with Crippen LogP contribution in [0.1, 0.15) is 0 Å². The van der Waals surface area contributed by atoms with Gasteiger partial charge in [-0.1, -0.05) is 0 Å². The summed E-state index contributed by atoms with van der Waals surface area (Å²) in [5.74, 6) is 0. The van der Waals surface area contributed by atoms with Crippen molar-refractivity contribution in [2.24, 2.45) is 0 Å². The van der Waals surface area contributed by atoms with Gasteiger partial charge in [-0.05, 0) is 18.2 Å². The molecule has 0 bridgehead atoms. The molecular weight excluding hydrogens is 86.1 g/mol. The lowest BCUT2D eigenvalue weighted by atomic mass is 10.3. The maximum atomic E-state index is 6.72. The van der Waals surface area contributed by atoms with Gasteiger partial charge >= 0.3 is 0 Å². The molecule has 0 spiro atoms.